The Hall–Kier alpha value is -1.12. The number of oxime groups is 1. The van der Waals surface area contributed by atoms with Crippen LogP contribution in [0.1, 0.15) is 24.5 Å². The first-order valence-corrected chi connectivity index (χ1v) is 5.81. The summed E-state index contributed by atoms with van der Waals surface area (Å²) in [6.07, 6.45) is 0.914. The summed E-state index contributed by atoms with van der Waals surface area (Å²) in [7, 11) is 2.64. The summed E-state index contributed by atoms with van der Waals surface area (Å²) in [5.41, 5.74) is 13.3. The van der Waals surface area contributed by atoms with Crippen LogP contribution in [0.15, 0.2) is 23.4 Å². The summed E-state index contributed by atoms with van der Waals surface area (Å²) in [5.74, 6) is 0.390. The molecule has 1 aromatic carbocycles. The van der Waals surface area contributed by atoms with Gasteiger partial charge < -0.3 is 16.3 Å². The van der Waals surface area contributed by atoms with Crippen LogP contribution in [-0.4, -0.2) is 12.4 Å². The van der Waals surface area contributed by atoms with Crippen molar-refractivity contribution in [3.63, 3.8) is 0 Å². The first-order chi connectivity index (χ1) is 7.69. The largest absolute Gasteiger partial charge is 0.394 e. The van der Waals surface area contributed by atoms with Gasteiger partial charge in [0.2, 0.25) is 0 Å². The van der Waals surface area contributed by atoms with Crippen LogP contribution in [0.4, 0.5) is 0 Å². The molecule has 5 heteroatoms. The summed E-state index contributed by atoms with van der Waals surface area (Å²) in [6.45, 7) is 3.11. The third-order valence-electron chi connectivity index (χ3n) is 2.12. The first kappa shape index (κ1) is 12.9. The molecule has 0 aliphatic rings. The van der Waals surface area contributed by atoms with Gasteiger partial charge in [0.15, 0.2) is 5.84 Å². The molecule has 0 radical (unpaired) electrons. The second-order valence-electron chi connectivity index (χ2n) is 3.43. The van der Waals surface area contributed by atoms with Crippen molar-refractivity contribution in [2.24, 2.45) is 16.6 Å². The van der Waals surface area contributed by atoms with E-state index in [1.54, 1.807) is 0 Å². The number of hydrogen-bond donors (Lipinski definition) is 2. The normalized spacial score (nSPS) is 11.6. The topological polar surface area (TPSA) is 73.6 Å². The number of benzene rings is 1. The predicted octanol–water partition coefficient (Wildman–Crippen LogP) is 0.693. The molecule has 1 atom stereocenters. The lowest BCUT2D eigenvalue weighted by molar-refractivity contribution is 0.145. The second kappa shape index (κ2) is 6.46. The van der Waals surface area contributed by atoms with Gasteiger partial charge in [-0.15, -0.1) is 9.24 Å². The maximum Gasteiger partial charge on any atom is 0.170 e. The van der Waals surface area contributed by atoms with Crippen molar-refractivity contribution >= 4 is 20.4 Å². The van der Waals surface area contributed by atoms with E-state index in [1.165, 1.54) is 0 Å². The highest BCUT2D eigenvalue weighted by atomic mass is 31.0. The van der Waals surface area contributed by atoms with Gasteiger partial charge in [-0.05, 0) is 23.4 Å². The molecule has 0 aliphatic carbocycles. The maximum atomic E-state index is 5.78. The van der Waals surface area contributed by atoms with Gasteiger partial charge in [-0.25, -0.2) is 0 Å². The molecule has 0 spiro atoms. The molecule has 0 bridgehead atoms. The van der Waals surface area contributed by atoms with Gasteiger partial charge in [0.05, 0.1) is 0 Å². The molecular formula is C11H18N3OP. The zero-order valence-corrected chi connectivity index (χ0v) is 10.6. The summed E-state index contributed by atoms with van der Waals surface area (Å²) in [6, 6.07) is 5.77. The van der Waals surface area contributed by atoms with E-state index in [1.807, 2.05) is 25.1 Å². The van der Waals surface area contributed by atoms with Gasteiger partial charge in [-0.3, -0.25) is 0 Å². The molecule has 0 saturated carbocycles. The van der Waals surface area contributed by atoms with Crippen molar-refractivity contribution in [3.05, 3.63) is 29.3 Å². The van der Waals surface area contributed by atoms with Crippen LogP contribution in [-0.2, 0) is 11.4 Å². The van der Waals surface area contributed by atoms with E-state index in [2.05, 4.69) is 14.4 Å². The van der Waals surface area contributed by atoms with Crippen LogP contribution < -0.4 is 16.8 Å². The van der Waals surface area contributed by atoms with E-state index >= 15 is 0 Å². The fourth-order valence-electron chi connectivity index (χ4n) is 1.20. The van der Waals surface area contributed by atoms with E-state index < -0.39 is 0 Å². The standard InChI is InChI=1S/C11H18N3OP/c1-2-5-15-14-11(13)8-3-4-9(7-12)10(16)6-8/h3-4,6H,2,5,7,12,16H2,1H3,(H2,13,14). The number of amidine groups is 1. The molecule has 0 aliphatic heterocycles. The zero-order chi connectivity index (χ0) is 12.0. The fourth-order valence-corrected chi connectivity index (χ4v) is 1.59. The average Bonchev–Trinajstić information content (AvgIpc) is 2.29. The van der Waals surface area contributed by atoms with Gasteiger partial charge in [0.1, 0.15) is 6.61 Å². The van der Waals surface area contributed by atoms with Crippen LogP contribution in [0.5, 0.6) is 0 Å². The Balaban J connectivity index is 2.80. The predicted molar refractivity (Wildman–Crippen MR) is 70.6 cm³/mol. The Labute approximate surface area is 98.2 Å². The van der Waals surface area contributed by atoms with Crippen LogP contribution in [0.25, 0.3) is 0 Å². The van der Waals surface area contributed by atoms with Crippen molar-refractivity contribution in [1.82, 2.24) is 0 Å². The number of rotatable bonds is 5. The smallest absolute Gasteiger partial charge is 0.170 e. The van der Waals surface area contributed by atoms with Gasteiger partial charge in [-0.2, -0.15) is 0 Å². The van der Waals surface area contributed by atoms with Crippen LogP contribution in [0.2, 0.25) is 0 Å². The lowest BCUT2D eigenvalue weighted by Gasteiger charge is -2.06. The van der Waals surface area contributed by atoms with Gasteiger partial charge >= 0.3 is 0 Å². The molecule has 0 fully saturated rings. The molecule has 0 saturated heterocycles. The van der Waals surface area contributed by atoms with Crippen LogP contribution >= 0.6 is 9.24 Å². The van der Waals surface area contributed by atoms with Crippen molar-refractivity contribution in [2.75, 3.05) is 6.61 Å². The fraction of sp³-hybridized carbons (Fsp3) is 0.364. The summed E-state index contributed by atoms with van der Waals surface area (Å²) in [5, 5.41) is 4.87. The third kappa shape index (κ3) is 3.47. The van der Waals surface area contributed by atoms with E-state index in [0.717, 1.165) is 22.9 Å². The van der Waals surface area contributed by atoms with Gasteiger partial charge in [-0.1, -0.05) is 24.2 Å². The molecule has 0 amide bonds. The van der Waals surface area contributed by atoms with E-state index in [0.29, 0.717) is 19.0 Å². The highest BCUT2D eigenvalue weighted by Gasteiger charge is 2.02. The van der Waals surface area contributed by atoms with Crippen molar-refractivity contribution in [3.8, 4) is 0 Å². The molecule has 0 heterocycles. The Kier molecular flexibility index (Phi) is 5.23. The maximum absolute atomic E-state index is 5.78. The molecule has 4 N–H and O–H groups in total. The molecule has 1 aromatic rings. The first-order valence-electron chi connectivity index (χ1n) is 5.23. The molecule has 88 valence electrons. The van der Waals surface area contributed by atoms with Crippen molar-refractivity contribution in [1.29, 1.82) is 0 Å². The van der Waals surface area contributed by atoms with E-state index in [9.17, 15) is 0 Å². The summed E-state index contributed by atoms with van der Waals surface area (Å²) in [4.78, 5) is 5.03. The monoisotopic (exact) mass is 239 g/mol. The van der Waals surface area contributed by atoms with E-state index in [-0.39, 0.29) is 0 Å². The minimum absolute atomic E-state index is 0.390. The minimum atomic E-state index is 0.390. The highest BCUT2D eigenvalue weighted by molar-refractivity contribution is 7.27. The molecule has 0 aromatic heterocycles. The molecule has 16 heavy (non-hydrogen) atoms. The lowest BCUT2D eigenvalue weighted by Crippen LogP contribution is -2.17. The number of nitrogens with zero attached hydrogens (tertiary/aromatic N) is 1. The summed E-state index contributed by atoms with van der Waals surface area (Å²) < 4.78 is 0. The Morgan fingerprint density at radius 3 is 2.81 bits per heavy atom. The SMILES string of the molecule is CCCO/N=C(/N)c1ccc(CN)c(P)c1. The van der Waals surface area contributed by atoms with Gasteiger partial charge in [0, 0.05) is 12.1 Å². The minimum Gasteiger partial charge on any atom is -0.394 e. The van der Waals surface area contributed by atoms with Crippen molar-refractivity contribution in [2.45, 2.75) is 19.9 Å². The molecule has 1 unspecified atom stereocenters. The molecule has 4 nitrogen and oxygen atoms in total. The number of hydrogen-bond acceptors (Lipinski definition) is 3. The lowest BCUT2D eigenvalue weighted by atomic mass is 10.1. The average molecular weight is 239 g/mol. The van der Waals surface area contributed by atoms with Crippen LogP contribution in [0.3, 0.4) is 0 Å². The highest BCUT2D eigenvalue weighted by Crippen LogP contribution is 2.05. The molecular weight excluding hydrogens is 221 g/mol. The van der Waals surface area contributed by atoms with Crippen molar-refractivity contribution < 1.29 is 4.84 Å². The Morgan fingerprint density at radius 2 is 2.25 bits per heavy atom. The third-order valence-corrected chi connectivity index (χ3v) is 2.66. The van der Waals surface area contributed by atoms with E-state index in [4.69, 9.17) is 16.3 Å². The zero-order valence-electron chi connectivity index (χ0n) is 9.44. The Morgan fingerprint density at radius 1 is 1.50 bits per heavy atom. The summed E-state index contributed by atoms with van der Waals surface area (Å²) >= 11 is 0. The van der Waals surface area contributed by atoms with Gasteiger partial charge in [0.25, 0.3) is 0 Å². The molecule has 1 rings (SSSR count). The quantitative estimate of drug-likeness (QED) is 0.261. The Bertz CT molecular complexity index is 379. The van der Waals surface area contributed by atoms with Crippen LogP contribution in [0, 0.1) is 0 Å². The number of nitrogens with two attached hydrogens (primary N) is 2. The second-order valence-corrected chi connectivity index (χ2v) is 4.05.